The van der Waals surface area contributed by atoms with E-state index in [9.17, 15) is 0 Å². The highest BCUT2D eigenvalue weighted by atomic mass is 32.1. The lowest BCUT2D eigenvalue weighted by Crippen LogP contribution is -2.10. The highest BCUT2D eigenvalue weighted by Gasteiger charge is 2.20. The Morgan fingerprint density at radius 2 is 0.833 bits per heavy atom. The normalized spacial score (nSPS) is 11.9. The van der Waals surface area contributed by atoms with Crippen LogP contribution in [-0.4, -0.2) is 9.13 Å². The van der Waals surface area contributed by atoms with Gasteiger partial charge in [0, 0.05) is 70.2 Å². The molecule has 12 aromatic carbocycles. The van der Waals surface area contributed by atoms with E-state index in [2.05, 4.69) is 275 Å². The Kier molecular flexibility index (Phi) is 9.13. The minimum atomic E-state index is 1.09. The van der Waals surface area contributed by atoms with Crippen LogP contribution < -0.4 is 4.90 Å². The number of benzene rings is 12. The first kappa shape index (κ1) is 40.6. The third kappa shape index (κ3) is 6.43. The molecule has 0 bridgehead atoms. The molecule has 3 aromatic heterocycles. The van der Waals surface area contributed by atoms with Gasteiger partial charge in [-0.2, -0.15) is 0 Å². The summed E-state index contributed by atoms with van der Waals surface area (Å²) in [6.07, 6.45) is 0. The topological polar surface area (TPSA) is 13.1 Å². The summed E-state index contributed by atoms with van der Waals surface area (Å²) in [4.78, 5) is 2.40. The first-order valence-corrected chi connectivity index (χ1v) is 25.5. The SMILES string of the molecule is c1ccc(-n2c3ccccc3c3ccc(N(c4ccc(-c5cccc(-c6ccc7c(c6)c6cc8c(ccc9sc%10ccccc%10c98)cc6n7-c6ccccc6)c5)cc4)c4ccc5ccccc5c4)cc32)cc1. The molecule has 0 aliphatic heterocycles. The van der Waals surface area contributed by atoms with Crippen LogP contribution in [0.1, 0.15) is 0 Å². The third-order valence-electron chi connectivity index (χ3n) is 14.8. The quantitative estimate of drug-likeness (QED) is 0.155. The number of hydrogen-bond acceptors (Lipinski definition) is 2. The van der Waals surface area contributed by atoms with Gasteiger partial charge in [-0.15, -0.1) is 11.3 Å². The summed E-state index contributed by atoms with van der Waals surface area (Å²) in [5.41, 5.74) is 15.1. The number of rotatable bonds is 7. The molecule has 0 amide bonds. The molecule has 0 saturated carbocycles. The van der Waals surface area contributed by atoms with E-state index in [1.54, 1.807) is 0 Å². The van der Waals surface area contributed by atoms with Crippen LogP contribution in [0.3, 0.4) is 0 Å². The van der Waals surface area contributed by atoms with Crippen LogP contribution in [0.5, 0.6) is 0 Å². The van der Waals surface area contributed by atoms with Gasteiger partial charge in [0.15, 0.2) is 0 Å². The summed E-state index contributed by atoms with van der Waals surface area (Å²) >= 11 is 1.88. The number of anilines is 3. The van der Waals surface area contributed by atoms with Gasteiger partial charge in [0.1, 0.15) is 0 Å². The van der Waals surface area contributed by atoms with Gasteiger partial charge in [0.25, 0.3) is 0 Å². The number of fused-ring (bicyclic) bond motifs is 12. The Bertz CT molecular complexity index is 4620. The van der Waals surface area contributed by atoms with Crippen LogP contribution in [0.15, 0.2) is 261 Å². The fraction of sp³-hybridized carbons (Fsp3) is 0. The number of thiophene rings is 1. The van der Waals surface area contributed by atoms with Crippen molar-refractivity contribution < 1.29 is 0 Å². The van der Waals surface area contributed by atoms with Crippen molar-refractivity contribution in [2.45, 2.75) is 0 Å². The molecule has 15 rings (SSSR count). The predicted molar refractivity (Wildman–Crippen MR) is 309 cm³/mol. The van der Waals surface area contributed by atoms with Crippen LogP contribution in [0, 0.1) is 0 Å². The molecule has 0 radical (unpaired) electrons. The fourth-order valence-electron chi connectivity index (χ4n) is 11.5. The molecule has 0 aliphatic carbocycles. The number of nitrogens with zero attached hydrogens (tertiary/aromatic N) is 3. The number of aromatic nitrogens is 2. The molecule has 3 nitrogen and oxygen atoms in total. The second kappa shape index (κ2) is 16.2. The molecule has 15 aromatic rings. The summed E-state index contributed by atoms with van der Waals surface area (Å²) in [7, 11) is 0. The van der Waals surface area contributed by atoms with Crippen molar-refractivity contribution >= 4 is 114 Å². The molecule has 72 heavy (non-hydrogen) atoms. The molecule has 336 valence electrons. The van der Waals surface area contributed by atoms with Crippen molar-refractivity contribution in [2.24, 2.45) is 0 Å². The van der Waals surface area contributed by atoms with E-state index in [1.165, 1.54) is 108 Å². The van der Waals surface area contributed by atoms with Gasteiger partial charge in [0.2, 0.25) is 0 Å². The molecular formula is C68H43N3S. The van der Waals surface area contributed by atoms with Crippen molar-refractivity contribution in [3.05, 3.63) is 261 Å². The lowest BCUT2D eigenvalue weighted by molar-refractivity contribution is 1.18. The number of para-hydroxylation sites is 3. The van der Waals surface area contributed by atoms with Gasteiger partial charge in [-0.05, 0) is 153 Å². The maximum absolute atomic E-state index is 2.46. The van der Waals surface area contributed by atoms with Crippen molar-refractivity contribution in [1.82, 2.24) is 9.13 Å². The van der Waals surface area contributed by atoms with Crippen LogP contribution in [0.25, 0.3) is 119 Å². The van der Waals surface area contributed by atoms with E-state index < -0.39 is 0 Å². The van der Waals surface area contributed by atoms with Gasteiger partial charge in [-0.25, -0.2) is 0 Å². The standard InChI is InChI=1S/C68H43N3S/c1-3-18-51(19-4-1)70-62-24-11-9-22-56(62)57-35-34-55(42-65(57)70)69(54-33-28-44-14-7-8-15-48(44)39-54)53-31-26-45(27-32-53)46-16-13-17-47(38-46)49-29-36-63-60(40-49)61-43-59-50(41-64(61)71(63)52-20-5-2-6-21-52)30-37-67-68(59)58-23-10-12-25-66(58)72-67/h1-43H. The lowest BCUT2D eigenvalue weighted by atomic mass is 9.97. The molecule has 0 spiro atoms. The summed E-state index contributed by atoms with van der Waals surface area (Å²) in [5.74, 6) is 0. The zero-order valence-corrected chi connectivity index (χ0v) is 39.9. The molecule has 0 fully saturated rings. The Hall–Kier alpha value is -9.22. The molecule has 3 heterocycles. The minimum absolute atomic E-state index is 1.09. The van der Waals surface area contributed by atoms with Crippen molar-refractivity contribution in [2.75, 3.05) is 4.90 Å². The Morgan fingerprint density at radius 1 is 0.264 bits per heavy atom. The average Bonchev–Trinajstić information content (AvgIpc) is 4.10. The van der Waals surface area contributed by atoms with E-state index in [1.807, 2.05) is 11.3 Å². The molecule has 0 unspecified atom stereocenters. The minimum Gasteiger partial charge on any atom is -0.310 e. The number of hydrogen-bond donors (Lipinski definition) is 0. The Labute approximate surface area is 419 Å². The Balaban J connectivity index is 0.847. The van der Waals surface area contributed by atoms with E-state index >= 15 is 0 Å². The molecule has 0 N–H and O–H groups in total. The van der Waals surface area contributed by atoms with Crippen LogP contribution in [0.4, 0.5) is 17.1 Å². The van der Waals surface area contributed by atoms with E-state index in [4.69, 9.17) is 0 Å². The smallest absolute Gasteiger partial charge is 0.0561 e. The molecular weight excluding hydrogens is 891 g/mol. The van der Waals surface area contributed by atoms with Gasteiger partial charge in [-0.1, -0.05) is 152 Å². The van der Waals surface area contributed by atoms with E-state index in [0.717, 1.165) is 28.4 Å². The first-order chi connectivity index (χ1) is 35.7. The summed E-state index contributed by atoms with van der Waals surface area (Å²) in [6.45, 7) is 0. The third-order valence-corrected chi connectivity index (χ3v) is 16.0. The summed E-state index contributed by atoms with van der Waals surface area (Å²) < 4.78 is 7.48. The van der Waals surface area contributed by atoms with Crippen LogP contribution in [-0.2, 0) is 0 Å². The van der Waals surface area contributed by atoms with Crippen molar-refractivity contribution in [3.63, 3.8) is 0 Å². The first-order valence-electron chi connectivity index (χ1n) is 24.6. The molecule has 0 aliphatic rings. The zero-order valence-electron chi connectivity index (χ0n) is 39.1. The van der Waals surface area contributed by atoms with E-state index in [-0.39, 0.29) is 0 Å². The Morgan fingerprint density at radius 3 is 1.64 bits per heavy atom. The molecule has 4 heteroatoms. The largest absolute Gasteiger partial charge is 0.310 e. The summed E-state index contributed by atoms with van der Waals surface area (Å²) in [6, 6.07) is 96.0. The highest BCUT2D eigenvalue weighted by Crippen LogP contribution is 2.44. The molecule has 0 saturated heterocycles. The highest BCUT2D eigenvalue weighted by molar-refractivity contribution is 7.26. The fourth-order valence-corrected chi connectivity index (χ4v) is 12.6. The van der Waals surface area contributed by atoms with Crippen molar-refractivity contribution in [3.8, 4) is 33.6 Å². The monoisotopic (exact) mass is 933 g/mol. The maximum Gasteiger partial charge on any atom is 0.0561 e. The van der Waals surface area contributed by atoms with Crippen molar-refractivity contribution in [1.29, 1.82) is 0 Å². The predicted octanol–water partition coefficient (Wildman–Crippen LogP) is 19.4. The van der Waals surface area contributed by atoms with Crippen LogP contribution in [0.2, 0.25) is 0 Å². The molecule has 0 atom stereocenters. The zero-order chi connectivity index (χ0) is 47.3. The van der Waals surface area contributed by atoms with Gasteiger partial charge in [0.05, 0.1) is 22.1 Å². The second-order valence-corrected chi connectivity index (χ2v) is 20.0. The van der Waals surface area contributed by atoms with Gasteiger partial charge >= 0.3 is 0 Å². The van der Waals surface area contributed by atoms with Gasteiger partial charge < -0.3 is 14.0 Å². The maximum atomic E-state index is 2.46. The lowest BCUT2D eigenvalue weighted by Gasteiger charge is -2.26. The second-order valence-electron chi connectivity index (χ2n) is 18.9. The van der Waals surface area contributed by atoms with Gasteiger partial charge in [-0.3, -0.25) is 0 Å². The average molecular weight is 934 g/mol. The van der Waals surface area contributed by atoms with Crippen LogP contribution >= 0.6 is 11.3 Å². The summed E-state index contributed by atoms with van der Waals surface area (Å²) in [5, 5.41) is 12.6. The van der Waals surface area contributed by atoms with E-state index in [0.29, 0.717) is 0 Å².